The van der Waals surface area contributed by atoms with Gasteiger partial charge < -0.3 is 15.2 Å². The van der Waals surface area contributed by atoms with Crippen LogP contribution in [0.5, 0.6) is 0 Å². The number of aryl methyl sites for hydroxylation is 1. The zero-order valence-corrected chi connectivity index (χ0v) is 14.2. The van der Waals surface area contributed by atoms with Crippen molar-refractivity contribution in [2.75, 3.05) is 6.61 Å². The van der Waals surface area contributed by atoms with Crippen LogP contribution in [0.4, 0.5) is 0 Å². The highest BCUT2D eigenvalue weighted by Gasteiger charge is 2.35. The lowest BCUT2D eigenvalue weighted by Gasteiger charge is -2.33. The van der Waals surface area contributed by atoms with Crippen LogP contribution >= 0.6 is 0 Å². The molecular weight excluding hydrogens is 302 g/mol. The number of aliphatic hydroxyl groups is 1. The highest BCUT2D eigenvalue weighted by molar-refractivity contribution is 5.81. The smallest absolute Gasteiger partial charge is 0.249 e. The van der Waals surface area contributed by atoms with Crippen LogP contribution in [0.1, 0.15) is 49.7 Å². The molecule has 3 atom stereocenters. The maximum absolute atomic E-state index is 12.2. The van der Waals surface area contributed by atoms with Gasteiger partial charge in [-0.15, -0.1) is 0 Å². The van der Waals surface area contributed by atoms with Gasteiger partial charge in [-0.05, 0) is 56.7 Å². The van der Waals surface area contributed by atoms with Crippen molar-refractivity contribution in [3.8, 4) is 11.8 Å². The largest absolute Gasteiger partial charge is 0.378 e. The molecule has 3 rings (SSSR count). The Morgan fingerprint density at radius 1 is 1.38 bits per heavy atom. The number of carbonyl (C=O) groups excluding carboxylic acids is 1. The first-order valence-electron chi connectivity index (χ1n) is 8.78. The third-order valence-electron chi connectivity index (χ3n) is 4.75. The number of rotatable bonds is 2. The first kappa shape index (κ1) is 17.0. The van der Waals surface area contributed by atoms with Crippen molar-refractivity contribution in [2.45, 2.75) is 63.2 Å². The average molecular weight is 327 g/mol. The minimum absolute atomic E-state index is 0.0349. The molecule has 1 aliphatic carbocycles. The van der Waals surface area contributed by atoms with Gasteiger partial charge in [0.1, 0.15) is 11.7 Å². The molecule has 1 saturated carbocycles. The monoisotopic (exact) mass is 327 g/mol. The quantitative estimate of drug-likeness (QED) is 0.820. The Kier molecular flexibility index (Phi) is 5.23. The van der Waals surface area contributed by atoms with Crippen LogP contribution in [-0.2, 0) is 9.53 Å². The van der Waals surface area contributed by atoms with Crippen LogP contribution in [-0.4, -0.2) is 35.4 Å². The lowest BCUT2D eigenvalue weighted by Crippen LogP contribution is -2.47. The third kappa shape index (κ3) is 4.37. The first-order valence-corrected chi connectivity index (χ1v) is 8.78. The molecule has 128 valence electrons. The van der Waals surface area contributed by atoms with Gasteiger partial charge in [0.05, 0.1) is 0 Å². The SMILES string of the molecule is Cc1cccc(C#C[C@@]2(O)CCC[C@@H](NC(=O)[C@@H]3CCCO3)C2)c1. The van der Waals surface area contributed by atoms with E-state index in [9.17, 15) is 9.90 Å². The second-order valence-electron chi connectivity index (χ2n) is 6.95. The summed E-state index contributed by atoms with van der Waals surface area (Å²) in [6.45, 7) is 2.69. The standard InChI is InChI=1S/C20H25NO3/c1-15-5-2-6-16(13-15)9-11-20(23)10-3-7-17(14-20)21-19(22)18-8-4-12-24-18/h2,5-6,13,17-18,23H,3-4,7-8,10,12,14H2,1H3,(H,21,22)/t17-,18+,20+/m1/s1. The second-order valence-corrected chi connectivity index (χ2v) is 6.95. The predicted molar refractivity (Wildman–Crippen MR) is 92.4 cm³/mol. The Balaban J connectivity index is 1.62. The van der Waals surface area contributed by atoms with E-state index >= 15 is 0 Å². The van der Waals surface area contributed by atoms with Crippen molar-refractivity contribution < 1.29 is 14.6 Å². The van der Waals surface area contributed by atoms with Gasteiger partial charge in [0.15, 0.2) is 0 Å². The summed E-state index contributed by atoms with van der Waals surface area (Å²) in [6.07, 6.45) is 4.27. The molecule has 2 fully saturated rings. The van der Waals surface area contributed by atoms with Crippen LogP contribution in [0, 0.1) is 18.8 Å². The number of ether oxygens (including phenoxy) is 1. The van der Waals surface area contributed by atoms with Gasteiger partial charge in [0.25, 0.3) is 0 Å². The Labute approximate surface area is 143 Å². The third-order valence-corrected chi connectivity index (χ3v) is 4.75. The van der Waals surface area contributed by atoms with Crippen LogP contribution in [0.3, 0.4) is 0 Å². The number of hydrogen-bond acceptors (Lipinski definition) is 3. The molecule has 1 heterocycles. The zero-order chi connectivity index (χ0) is 17.0. The van der Waals surface area contributed by atoms with E-state index in [1.165, 1.54) is 0 Å². The van der Waals surface area contributed by atoms with E-state index in [1.54, 1.807) is 0 Å². The van der Waals surface area contributed by atoms with Gasteiger partial charge in [0.2, 0.25) is 5.91 Å². The summed E-state index contributed by atoms with van der Waals surface area (Å²) < 4.78 is 5.42. The number of hydrogen-bond donors (Lipinski definition) is 2. The topological polar surface area (TPSA) is 58.6 Å². The maximum Gasteiger partial charge on any atom is 0.249 e. The molecule has 2 aliphatic rings. The van der Waals surface area contributed by atoms with E-state index in [-0.39, 0.29) is 18.1 Å². The first-order chi connectivity index (χ1) is 11.5. The van der Waals surface area contributed by atoms with E-state index in [1.807, 2.05) is 31.2 Å². The Hall–Kier alpha value is -1.83. The summed E-state index contributed by atoms with van der Waals surface area (Å²) in [7, 11) is 0. The zero-order valence-electron chi connectivity index (χ0n) is 14.2. The molecule has 4 nitrogen and oxygen atoms in total. The molecule has 1 aromatic rings. The highest BCUT2D eigenvalue weighted by Crippen LogP contribution is 2.28. The molecule has 1 saturated heterocycles. The highest BCUT2D eigenvalue weighted by atomic mass is 16.5. The summed E-state index contributed by atoms with van der Waals surface area (Å²) in [5.41, 5.74) is 1.03. The van der Waals surface area contributed by atoms with Gasteiger partial charge in [-0.1, -0.05) is 24.0 Å². The number of nitrogens with one attached hydrogen (secondary N) is 1. The molecule has 0 unspecified atom stereocenters. The summed E-state index contributed by atoms with van der Waals surface area (Å²) >= 11 is 0. The number of carbonyl (C=O) groups is 1. The molecule has 0 bridgehead atoms. The van der Waals surface area contributed by atoms with E-state index in [0.29, 0.717) is 19.4 Å². The number of benzene rings is 1. The van der Waals surface area contributed by atoms with Crippen molar-refractivity contribution in [3.05, 3.63) is 35.4 Å². The minimum Gasteiger partial charge on any atom is -0.378 e. The van der Waals surface area contributed by atoms with Gasteiger partial charge in [-0.2, -0.15) is 0 Å². The number of amides is 1. The van der Waals surface area contributed by atoms with Crippen LogP contribution < -0.4 is 5.32 Å². The van der Waals surface area contributed by atoms with Gasteiger partial charge >= 0.3 is 0 Å². The molecule has 24 heavy (non-hydrogen) atoms. The van der Waals surface area contributed by atoms with Crippen LogP contribution in [0.2, 0.25) is 0 Å². The van der Waals surface area contributed by atoms with Crippen molar-refractivity contribution >= 4 is 5.91 Å². The molecule has 1 aromatic carbocycles. The van der Waals surface area contributed by atoms with Crippen molar-refractivity contribution in [3.63, 3.8) is 0 Å². The van der Waals surface area contributed by atoms with E-state index in [0.717, 1.165) is 36.8 Å². The lowest BCUT2D eigenvalue weighted by molar-refractivity contribution is -0.131. The predicted octanol–water partition coefficient (Wildman–Crippen LogP) is 2.32. The lowest BCUT2D eigenvalue weighted by atomic mass is 9.82. The summed E-state index contributed by atoms with van der Waals surface area (Å²) in [5.74, 6) is 6.08. The molecular formula is C20H25NO3. The summed E-state index contributed by atoms with van der Waals surface area (Å²) in [6, 6.07) is 7.91. The summed E-state index contributed by atoms with van der Waals surface area (Å²) in [4.78, 5) is 12.2. The molecule has 1 aliphatic heterocycles. The Morgan fingerprint density at radius 3 is 3.00 bits per heavy atom. The van der Waals surface area contributed by atoms with Crippen LogP contribution in [0.25, 0.3) is 0 Å². The Morgan fingerprint density at radius 2 is 2.25 bits per heavy atom. The molecule has 2 N–H and O–H groups in total. The fourth-order valence-electron chi connectivity index (χ4n) is 3.48. The van der Waals surface area contributed by atoms with Crippen molar-refractivity contribution in [2.24, 2.45) is 0 Å². The molecule has 0 aromatic heterocycles. The molecule has 0 spiro atoms. The molecule has 4 heteroatoms. The maximum atomic E-state index is 12.2. The van der Waals surface area contributed by atoms with Crippen molar-refractivity contribution in [1.29, 1.82) is 0 Å². The normalized spacial score (nSPS) is 29.6. The minimum atomic E-state index is -1.03. The fourth-order valence-corrected chi connectivity index (χ4v) is 3.48. The van der Waals surface area contributed by atoms with E-state index < -0.39 is 5.60 Å². The van der Waals surface area contributed by atoms with E-state index in [2.05, 4.69) is 17.2 Å². The molecule has 1 amide bonds. The fraction of sp³-hybridized carbons (Fsp3) is 0.550. The van der Waals surface area contributed by atoms with Gasteiger partial charge in [-0.25, -0.2) is 0 Å². The van der Waals surface area contributed by atoms with Gasteiger partial charge in [0, 0.05) is 24.6 Å². The second kappa shape index (κ2) is 7.38. The van der Waals surface area contributed by atoms with Crippen molar-refractivity contribution in [1.82, 2.24) is 5.32 Å². The van der Waals surface area contributed by atoms with E-state index in [4.69, 9.17) is 4.74 Å². The van der Waals surface area contributed by atoms with Crippen LogP contribution in [0.15, 0.2) is 24.3 Å². The average Bonchev–Trinajstić information content (AvgIpc) is 3.08. The summed E-state index contributed by atoms with van der Waals surface area (Å²) in [5, 5.41) is 13.8. The molecule has 0 radical (unpaired) electrons. The van der Waals surface area contributed by atoms with Gasteiger partial charge in [-0.3, -0.25) is 4.79 Å². The Bertz CT molecular complexity index is 654.